The minimum absolute atomic E-state index is 0.799. The van der Waals surface area contributed by atoms with Gasteiger partial charge in [-0.2, -0.15) is 5.10 Å². The van der Waals surface area contributed by atoms with Gasteiger partial charge >= 0.3 is 0 Å². The van der Waals surface area contributed by atoms with Crippen LogP contribution in [0, 0.1) is 12.8 Å². The monoisotopic (exact) mass is 300 g/mol. The van der Waals surface area contributed by atoms with E-state index in [4.69, 9.17) is 0 Å². The lowest BCUT2D eigenvalue weighted by Crippen LogP contribution is -2.25. The average Bonchev–Trinajstić information content (AvgIpc) is 2.81. The zero-order valence-corrected chi connectivity index (χ0v) is 12.4. The topological polar surface area (TPSA) is 33.1 Å². The van der Waals surface area contributed by atoms with E-state index in [0.717, 1.165) is 29.2 Å². The lowest BCUT2D eigenvalue weighted by molar-refractivity contribution is 0.306. The molecule has 2 rings (SSSR count). The first-order valence-corrected chi connectivity index (χ1v) is 6.96. The summed E-state index contributed by atoms with van der Waals surface area (Å²) < 4.78 is 3.15. The maximum atomic E-state index is 4.44. The van der Waals surface area contributed by atoms with E-state index in [-0.39, 0.29) is 0 Å². The molecule has 1 N–H and O–H groups in total. The summed E-state index contributed by atoms with van der Waals surface area (Å²) in [5, 5.41) is 7.71. The molecule has 4 nitrogen and oxygen atoms in total. The summed E-state index contributed by atoms with van der Waals surface area (Å²) in [6.45, 7) is 6.56. The van der Waals surface area contributed by atoms with Gasteiger partial charge in [-0.3, -0.25) is 9.58 Å². The number of aromatic nitrogens is 2. The van der Waals surface area contributed by atoms with Crippen molar-refractivity contribution < 1.29 is 0 Å². The molecule has 1 saturated heterocycles. The SMILES string of the molecule is CNCC1CCN(Cc2c(Br)c(C)nn2C)C1. The summed E-state index contributed by atoms with van der Waals surface area (Å²) in [6, 6.07) is 0. The Morgan fingerprint density at radius 1 is 1.53 bits per heavy atom. The number of aryl methyl sites for hydroxylation is 2. The van der Waals surface area contributed by atoms with Gasteiger partial charge in [-0.1, -0.05) is 0 Å². The molecule has 0 aromatic carbocycles. The Bertz CT molecular complexity index is 388. The molecular weight excluding hydrogens is 280 g/mol. The Balaban J connectivity index is 1.98. The van der Waals surface area contributed by atoms with Crippen molar-refractivity contribution in [2.45, 2.75) is 19.9 Å². The van der Waals surface area contributed by atoms with Crippen LogP contribution in [-0.4, -0.2) is 41.4 Å². The smallest absolute Gasteiger partial charge is 0.0739 e. The van der Waals surface area contributed by atoms with Gasteiger partial charge in [0.05, 0.1) is 15.9 Å². The molecule has 1 aliphatic heterocycles. The Morgan fingerprint density at radius 3 is 2.88 bits per heavy atom. The number of hydrogen-bond donors (Lipinski definition) is 1. The number of nitrogens with zero attached hydrogens (tertiary/aromatic N) is 3. The molecule has 0 radical (unpaired) electrons. The van der Waals surface area contributed by atoms with Crippen molar-refractivity contribution in [3.8, 4) is 0 Å². The molecule has 0 spiro atoms. The zero-order chi connectivity index (χ0) is 12.4. The minimum Gasteiger partial charge on any atom is -0.319 e. The molecule has 17 heavy (non-hydrogen) atoms. The van der Waals surface area contributed by atoms with Gasteiger partial charge in [0.1, 0.15) is 0 Å². The number of rotatable bonds is 4. The highest BCUT2D eigenvalue weighted by atomic mass is 79.9. The van der Waals surface area contributed by atoms with Crippen molar-refractivity contribution in [2.24, 2.45) is 13.0 Å². The molecule has 0 saturated carbocycles. The second-order valence-corrected chi connectivity index (χ2v) is 5.71. The molecule has 1 atom stereocenters. The molecule has 1 aliphatic rings. The van der Waals surface area contributed by atoms with E-state index in [9.17, 15) is 0 Å². The van der Waals surface area contributed by atoms with Gasteiger partial charge in [-0.05, 0) is 55.3 Å². The summed E-state index contributed by atoms with van der Waals surface area (Å²) in [4.78, 5) is 2.52. The maximum Gasteiger partial charge on any atom is 0.0739 e. The van der Waals surface area contributed by atoms with Gasteiger partial charge in [0.15, 0.2) is 0 Å². The van der Waals surface area contributed by atoms with Gasteiger partial charge in [0.25, 0.3) is 0 Å². The van der Waals surface area contributed by atoms with Crippen LogP contribution in [0.15, 0.2) is 4.47 Å². The van der Waals surface area contributed by atoms with Crippen LogP contribution < -0.4 is 5.32 Å². The highest BCUT2D eigenvalue weighted by Crippen LogP contribution is 2.24. The van der Waals surface area contributed by atoms with Crippen molar-refractivity contribution in [2.75, 3.05) is 26.7 Å². The van der Waals surface area contributed by atoms with Crippen LogP contribution in [0.3, 0.4) is 0 Å². The Morgan fingerprint density at radius 2 is 2.29 bits per heavy atom. The third-order valence-electron chi connectivity index (χ3n) is 3.50. The molecule has 1 unspecified atom stereocenters. The Kier molecular flexibility index (Phi) is 4.22. The standard InChI is InChI=1S/C12H21BrN4/c1-9-12(13)11(16(3)15-9)8-17-5-4-10(7-17)6-14-2/h10,14H,4-8H2,1-3H3. The zero-order valence-electron chi connectivity index (χ0n) is 10.8. The van der Waals surface area contributed by atoms with E-state index in [1.165, 1.54) is 25.2 Å². The van der Waals surface area contributed by atoms with Gasteiger partial charge in [0, 0.05) is 20.1 Å². The van der Waals surface area contributed by atoms with Crippen molar-refractivity contribution >= 4 is 15.9 Å². The van der Waals surface area contributed by atoms with Crippen LogP contribution in [0.1, 0.15) is 17.8 Å². The number of hydrogen-bond acceptors (Lipinski definition) is 3. The van der Waals surface area contributed by atoms with Crippen molar-refractivity contribution in [1.82, 2.24) is 20.0 Å². The van der Waals surface area contributed by atoms with E-state index >= 15 is 0 Å². The largest absolute Gasteiger partial charge is 0.319 e. The molecule has 0 aliphatic carbocycles. The van der Waals surface area contributed by atoms with Gasteiger partial charge in [-0.25, -0.2) is 0 Å². The lowest BCUT2D eigenvalue weighted by atomic mass is 10.1. The van der Waals surface area contributed by atoms with E-state index < -0.39 is 0 Å². The fraction of sp³-hybridized carbons (Fsp3) is 0.750. The van der Waals surface area contributed by atoms with Crippen LogP contribution in [0.2, 0.25) is 0 Å². The number of halogens is 1. The first kappa shape index (κ1) is 13.1. The second-order valence-electron chi connectivity index (χ2n) is 4.92. The molecule has 0 bridgehead atoms. The van der Waals surface area contributed by atoms with Gasteiger partial charge in [-0.15, -0.1) is 0 Å². The highest BCUT2D eigenvalue weighted by Gasteiger charge is 2.23. The van der Waals surface area contributed by atoms with Crippen LogP contribution in [0.5, 0.6) is 0 Å². The van der Waals surface area contributed by atoms with E-state index in [1.54, 1.807) is 0 Å². The third-order valence-corrected chi connectivity index (χ3v) is 4.53. The van der Waals surface area contributed by atoms with Crippen LogP contribution in [-0.2, 0) is 13.6 Å². The van der Waals surface area contributed by atoms with E-state index in [0.29, 0.717) is 0 Å². The van der Waals surface area contributed by atoms with Gasteiger partial charge in [0.2, 0.25) is 0 Å². The predicted octanol–water partition coefficient (Wildman–Crippen LogP) is 1.53. The van der Waals surface area contributed by atoms with Gasteiger partial charge < -0.3 is 5.32 Å². The minimum atomic E-state index is 0.799. The second kappa shape index (κ2) is 5.50. The summed E-state index contributed by atoms with van der Waals surface area (Å²) in [6.07, 6.45) is 1.30. The quantitative estimate of drug-likeness (QED) is 0.915. The summed E-state index contributed by atoms with van der Waals surface area (Å²) in [7, 11) is 4.05. The average molecular weight is 301 g/mol. The predicted molar refractivity (Wildman–Crippen MR) is 73.0 cm³/mol. The van der Waals surface area contributed by atoms with Crippen molar-refractivity contribution in [3.05, 3.63) is 15.9 Å². The number of nitrogens with one attached hydrogen (secondary N) is 1. The third kappa shape index (κ3) is 2.89. The van der Waals surface area contributed by atoms with E-state index in [1.807, 2.05) is 25.7 Å². The molecular formula is C12H21BrN4. The molecule has 1 aromatic heterocycles. The van der Waals surface area contributed by atoms with Crippen LogP contribution >= 0.6 is 15.9 Å². The fourth-order valence-corrected chi connectivity index (χ4v) is 3.04. The fourth-order valence-electron chi connectivity index (χ4n) is 2.58. The first-order chi connectivity index (χ1) is 8.11. The van der Waals surface area contributed by atoms with Crippen molar-refractivity contribution in [3.63, 3.8) is 0 Å². The first-order valence-electron chi connectivity index (χ1n) is 6.16. The summed E-state index contributed by atoms with van der Waals surface area (Å²) in [5.74, 6) is 0.799. The van der Waals surface area contributed by atoms with E-state index in [2.05, 4.69) is 31.2 Å². The van der Waals surface area contributed by atoms with Crippen LogP contribution in [0.25, 0.3) is 0 Å². The van der Waals surface area contributed by atoms with Crippen LogP contribution in [0.4, 0.5) is 0 Å². The highest BCUT2D eigenvalue weighted by molar-refractivity contribution is 9.10. The molecule has 0 amide bonds. The normalized spacial score (nSPS) is 21.3. The summed E-state index contributed by atoms with van der Waals surface area (Å²) >= 11 is 3.63. The number of likely N-dealkylation sites (tertiary alicyclic amines) is 1. The molecule has 96 valence electrons. The molecule has 1 aromatic rings. The Hall–Kier alpha value is -0.390. The Labute approximate surface area is 111 Å². The molecule has 1 fully saturated rings. The maximum absolute atomic E-state index is 4.44. The molecule has 5 heteroatoms. The summed E-state index contributed by atoms with van der Waals surface area (Å²) in [5.41, 5.74) is 2.36. The van der Waals surface area contributed by atoms with Crippen molar-refractivity contribution in [1.29, 1.82) is 0 Å². The lowest BCUT2D eigenvalue weighted by Gasteiger charge is -2.16. The molecule has 2 heterocycles.